The summed E-state index contributed by atoms with van der Waals surface area (Å²) in [5.74, 6) is 1.38. The lowest BCUT2D eigenvalue weighted by molar-refractivity contribution is 0.641. The Morgan fingerprint density at radius 3 is 0.873 bits per heavy atom. The summed E-state index contributed by atoms with van der Waals surface area (Å²) in [6.07, 6.45) is 0. The highest BCUT2D eigenvalue weighted by atomic mass is 14.9. The van der Waals surface area contributed by atoms with E-state index < -0.39 is 0 Å². The van der Waals surface area contributed by atoms with Gasteiger partial charge in [-0.2, -0.15) is 0 Å². The van der Waals surface area contributed by atoms with E-state index in [0.29, 0.717) is 11.6 Å². The molecule has 0 aliphatic heterocycles. The Labute approximate surface area is 369 Å². The van der Waals surface area contributed by atoms with Crippen molar-refractivity contribution in [2.24, 2.45) is 0 Å². The molecule has 0 unspecified atom stereocenters. The average Bonchev–Trinajstić information content (AvgIpc) is 3.37. The van der Waals surface area contributed by atoms with E-state index >= 15 is 0 Å². The van der Waals surface area contributed by atoms with Gasteiger partial charge < -0.3 is 0 Å². The predicted octanol–water partition coefficient (Wildman–Crippen LogP) is 14.9. The summed E-state index contributed by atoms with van der Waals surface area (Å²) in [7, 11) is 0. The molecule has 2 aromatic heterocycles. The molecule has 10 aromatic rings. The van der Waals surface area contributed by atoms with Gasteiger partial charge in [0.05, 0.1) is 22.8 Å². The lowest BCUT2D eigenvalue weighted by atomic mass is 9.77. The second kappa shape index (κ2) is 17.1. The fraction of sp³-hybridized carbons (Fsp3) is 0.0508. The van der Waals surface area contributed by atoms with Crippen LogP contribution < -0.4 is 0 Å². The molecule has 0 atom stereocenters. The first-order valence-corrected chi connectivity index (χ1v) is 21.4. The van der Waals surface area contributed by atoms with Gasteiger partial charge in [-0.25, -0.2) is 19.9 Å². The number of aromatic nitrogens is 4. The third-order valence-corrected chi connectivity index (χ3v) is 11.9. The summed E-state index contributed by atoms with van der Waals surface area (Å²) in [5, 5.41) is 0. The SMILES string of the molecule is CC(C)(c1ccc(-c2nc(-c3ccccc3)cc(-c3cccc(-c4ccccc4)c3)n2)cc1)c1ccc(-c2nc(-c3ccccc3)cc(-c3cccc(-c4ccccc4)c3)n2)cc1. The standard InChI is InChI=1S/C59H44N4/c1-59(2,51-33-29-45(30-34-51)57-60-53(43-21-11-5-12-22-43)39-55(62-57)49-27-15-25-47(37-49)41-17-7-3-8-18-41)52-35-31-46(32-36-52)58-61-54(44-23-13-6-14-24-44)40-56(63-58)50-28-16-26-48(38-50)42-19-9-4-10-20-42/h3-40H,1-2H3. The van der Waals surface area contributed by atoms with Crippen molar-refractivity contribution in [1.29, 1.82) is 0 Å². The number of rotatable bonds is 10. The highest BCUT2D eigenvalue weighted by Gasteiger charge is 2.24. The molecular formula is C59H44N4. The molecule has 0 spiro atoms. The maximum atomic E-state index is 5.17. The van der Waals surface area contributed by atoms with Crippen molar-refractivity contribution in [2.45, 2.75) is 19.3 Å². The molecule has 0 aliphatic rings. The number of hydrogen-bond acceptors (Lipinski definition) is 4. The summed E-state index contributed by atoms with van der Waals surface area (Å²) < 4.78 is 0. The molecule has 0 fully saturated rings. The molecule has 0 saturated heterocycles. The normalized spacial score (nSPS) is 11.3. The molecule has 2 heterocycles. The molecule has 0 radical (unpaired) electrons. The van der Waals surface area contributed by atoms with E-state index in [1.807, 2.05) is 24.3 Å². The molecule has 63 heavy (non-hydrogen) atoms. The summed E-state index contributed by atoms with van der Waals surface area (Å²) in [6.45, 7) is 4.54. The van der Waals surface area contributed by atoms with Crippen molar-refractivity contribution in [3.63, 3.8) is 0 Å². The minimum Gasteiger partial charge on any atom is -0.228 e. The van der Waals surface area contributed by atoms with Gasteiger partial charge in [-0.15, -0.1) is 0 Å². The Morgan fingerprint density at radius 1 is 0.238 bits per heavy atom. The van der Waals surface area contributed by atoms with Crippen LogP contribution in [0.4, 0.5) is 0 Å². The smallest absolute Gasteiger partial charge is 0.160 e. The van der Waals surface area contributed by atoms with E-state index in [9.17, 15) is 0 Å². The third-order valence-electron chi connectivity index (χ3n) is 11.9. The third kappa shape index (κ3) is 8.35. The molecule has 0 aliphatic carbocycles. The van der Waals surface area contributed by atoms with Crippen LogP contribution in [-0.2, 0) is 5.41 Å². The second-order valence-electron chi connectivity index (χ2n) is 16.3. The molecule has 4 nitrogen and oxygen atoms in total. The first kappa shape index (κ1) is 39.1. The summed E-state index contributed by atoms with van der Waals surface area (Å²) in [4.78, 5) is 20.6. The zero-order valence-corrected chi connectivity index (χ0v) is 35.2. The molecule has 300 valence electrons. The fourth-order valence-corrected chi connectivity index (χ4v) is 8.18. The van der Waals surface area contributed by atoms with Gasteiger partial charge in [0.2, 0.25) is 0 Å². The van der Waals surface area contributed by atoms with Crippen LogP contribution >= 0.6 is 0 Å². The molecule has 8 aromatic carbocycles. The Morgan fingerprint density at radius 2 is 0.524 bits per heavy atom. The van der Waals surface area contributed by atoms with E-state index in [-0.39, 0.29) is 5.41 Å². The molecule has 10 rings (SSSR count). The van der Waals surface area contributed by atoms with Crippen LogP contribution in [0.1, 0.15) is 25.0 Å². The largest absolute Gasteiger partial charge is 0.228 e. The molecule has 0 N–H and O–H groups in total. The van der Waals surface area contributed by atoms with Gasteiger partial charge in [0.1, 0.15) is 0 Å². The average molecular weight is 809 g/mol. The quantitative estimate of drug-likeness (QED) is 0.138. The predicted molar refractivity (Wildman–Crippen MR) is 260 cm³/mol. The van der Waals surface area contributed by atoms with Crippen LogP contribution in [0.25, 0.3) is 90.1 Å². The van der Waals surface area contributed by atoms with Gasteiger partial charge in [-0.05, 0) is 57.6 Å². The van der Waals surface area contributed by atoms with E-state index in [1.54, 1.807) is 0 Å². The van der Waals surface area contributed by atoms with Crippen LogP contribution in [0.15, 0.2) is 231 Å². The maximum Gasteiger partial charge on any atom is 0.160 e. The maximum absolute atomic E-state index is 5.17. The monoisotopic (exact) mass is 808 g/mol. The summed E-state index contributed by atoms with van der Waals surface area (Å²) in [6, 6.07) is 80.4. The van der Waals surface area contributed by atoms with Crippen molar-refractivity contribution in [3.8, 4) is 90.1 Å². The Kier molecular flexibility index (Phi) is 10.6. The zero-order chi connectivity index (χ0) is 42.6. The molecule has 0 saturated carbocycles. The van der Waals surface area contributed by atoms with Crippen LogP contribution in [0.3, 0.4) is 0 Å². The molecular weight excluding hydrogens is 765 g/mol. The van der Waals surface area contributed by atoms with E-state index in [4.69, 9.17) is 19.9 Å². The van der Waals surface area contributed by atoms with Crippen LogP contribution in [0.5, 0.6) is 0 Å². The zero-order valence-electron chi connectivity index (χ0n) is 35.2. The Balaban J connectivity index is 0.960. The highest BCUT2D eigenvalue weighted by molar-refractivity contribution is 5.78. The second-order valence-corrected chi connectivity index (χ2v) is 16.3. The van der Waals surface area contributed by atoms with Crippen LogP contribution in [0, 0.1) is 0 Å². The first-order chi connectivity index (χ1) is 30.9. The van der Waals surface area contributed by atoms with E-state index in [2.05, 4.69) is 220 Å². The fourth-order valence-electron chi connectivity index (χ4n) is 8.18. The summed E-state index contributed by atoms with van der Waals surface area (Å²) >= 11 is 0. The minimum atomic E-state index is -0.289. The number of nitrogens with zero attached hydrogens (tertiary/aromatic N) is 4. The number of benzene rings is 8. The van der Waals surface area contributed by atoms with Crippen molar-refractivity contribution >= 4 is 0 Å². The van der Waals surface area contributed by atoms with Gasteiger partial charge in [-0.1, -0.05) is 220 Å². The minimum absolute atomic E-state index is 0.289. The van der Waals surface area contributed by atoms with Gasteiger partial charge in [0, 0.05) is 38.8 Å². The Hall–Kier alpha value is -8.08. The van der Waals surface area contributed by atoms with Gasteiger partial charge in [0.15, 0.2) is 11.6 Å². The lowest BCUT2D eigenvalue weighted by Gasteiger charge is -2.26. The van der Waals surface area contributed by atoms with E-state index in [1.165, 1.54) is 22.3 Å². The van der Waals surface area contributed by atoms with Crippen LogP contribution in [0.2, 0.25) is 0 Å². The first-order valence-electron chi connectivity index (χ1n) is 21.4. The lowest BCUT2D eigenvalue weighted by Crippen LogP contribution is -2.18. The van der Waals surface area contributed by atoms with Crippen molar-refractivity contribution in [3.05, 3.63) is 242 Å². The molecule has 0 amide bonds. The van der Waals surface area contributed by atoms with Crippen LogP contribution in [-0.4, -0.2) is 19.9 Å². The van der Waals surface area contributed by atoms with Crippen molar-refractivity contribution < 1.29 is 0 Å². The molecule has 4 heteroatoms. The number of hydrogen-bond donors (Lipinski definition) is 0. The summed E-state index contributed by atoms with van der Waals surface area (Å²) in [5.41, 5.74) is 16.4. The highest BCUT2D eigenvalue weighted by Crippen LogP contribution is 2.36. The molecule has 0 bridgehead atoms. The van der Waals surface area contributed by atoms with Crippen molar-refractivity contribution in [1.82, 2.24) is 19.9 Å². The topological polar surface area (TPSA) is 51.6 Å². The van der Waals surface area contributed by atoms with E-state index in [0.717, 1.165) is 67.3 Å². The van der Waals surface area contributed by atoms with Crippen molar-refractivity contribution in [2.75, 3.05) is 0 Å². The van der Waals surface area contributed by atoms with Gasteiger partial charge >= 0.3 is 0 Å². The van der Waals surface area contributed by atoms with Gasteiger partial charge in [-0.3, -0.25) is 0 Å². The van der Waals surface area contributed by atoms with Gasteiger partial charge in [0.25, 0.3) is 0 Å². The Bertz CT molecular complexity index is 2930.